The molecule has 15 aromatic rings. The minimum absolute atomic E-state index is 0.264. The van der Waals surface area contributed by atoms with Gasteiger partial charge in [0.2, 0.25) is 0 Å². The predicted octanol–water partition coefficient (Wildman–Crippen LogP) is 20.6. The molecule has 0 saturated heterocycles. The number of nitrogens with zero attached hydrogens (tertiary/aromatic N) is 3. The van der Waals surface area contributed by atoms with Crippen molar-refractivity contribution in [2.24, 2.45) is 0 Å². The average molecular weight is 1010 g/mol. The molecule has 0 fully saturated rings. The average Bonchev–Trinajstić information content (AvgIpc) is 4.36. The lowest BCUT2D eigenvalue weighted by Gasteiger charge is -2.28. The monoisotopic (exact) mass is 1010 g/mol. The van der Waals surface area contributed by atoms with Gasteiger partial charge >= 0.3 is 0 Å². The van der Waals surface area contributed by atoms with Gasteiger partial charge in [-0.3, -0.25) is 0 Å². The number of hydrogen-bond donors (Lipinski definition) is 0. The molecular formula is C75H51N3O. The van der Waals surface area contributed by atoms with Gasteiger partial charge in [-0.25, -0.2) is 0 Å². The van der Waals surface area contributed by atoms with Crippen LogP contribution in [0.2, 0.25) is 0 Å². The number of fused-ring (bicyclic) bond motifs is 12. The quantitative estimate of drug-likeness (QED) is 0.152. The summed E-state index contributed by atoms with van der Waals surface area (Å²) in [7, 11) is 0. The smallest absolute Gasteiger partial charge is 0.135 e. The third-order valence-electron chi connectivity index (χ3n) is 16.9. The molecule has 0 aliphatic heterocycles. The molecule has 0 saturated carbocycles. The van der Waals surface area contributed by atoms with Gasteiger partial charge in [0.15, 0.2) is 0 Å². The Bertz CT molecular complexity index is 4900. The van der Waals surface area contributed by atoms with E-state index >= 15 is 0 Å². The highest BCUT2D eigenvalue weighted by Gasteiger charge is 2.36. The van der Waals surface area contributed by atoms with Crippen molar-refractivity contribution < 1.29 is 4.42 Å². The Labute approximate surface area is 457 Å². The fraction of sp³-hybridized carbons (Fsp3) is 0.0400. The van der Waals surface area contributed by atoms with Crippen LogP contribution in [0.25, 0.3) is 121 Å². The number of aromatic nitrogens is 2. The van der Waals surface area contributed by atoms with E-state index in [4.69, 9.17) is 4.42 Å². The van der Waals surface area contributed by atoms with E-state index in [0.29, 0.717) is 0 Å². The molecule has 1 aliphatic carbocycles. The molecule has 0 amide bonds. The van der Waals surface area contributed by atoms with Crippen molar-refractivity contribution in [1.29, 1.82) is 0 Å². The third kappa shape index (κ3) is 7.08. The van der Waals surface area contributed by atoms with Crippen molar-refractivity contribution >= 4 is 82.6 Å². The molecule has 3 heterocycles. The van der Waals surface area contributed by atoms with Crippen LogP contribution in [0.5, 0.6) is 0 Å². The van der Waals surface area contributed by atoms with E-state index in [1.165, 1.54) is 88.2 Å². The molecule has 0 unspecified atom stereocenters. The van der Waals surface area contributed by atoms with Gasteiger partial charge in [0, 0.05) is 66.2 Å². The van der Waals surface area contributed by atoms with Crippen LogP contribution >= 0.6 is 0 Å². The summed E-state index contributed by atoms with van der Waals surface area (Å²) in [6.07, 6.45) is 0. The van der Waals surface area contributed by atoms with Crippen molar-refractivity contribution in [3.8, 4) is 55.9 Å². The molecule has 0 spiro atoms. The first kappa shape index (κ1) is 45.1. The zero-order valence-corrected chi connectivity index (χ0v) is 43.7. The summed E-state index contributed by atoms with van der Waals surface area (Å²) in [5, 5.41) is 7.27. The SMILES string of the molecule is CC1(C)c2cc(-c3ccc4c(c3)c3ccccc3n4-c3ccccc3)ccc2-c2ccc(N(c3ccc(-c4ccc5oc6ccccc6c5c4)cc3)c3ccc(-c4ccc5c6ccccc6n(-c6ccccc6)c5c4)cc3)cc21. The molecule has 0 radical (unpaired) electrons. The van der Waals surface area contributed by atoms with Gasteiger partial charge in [-0.15, -0.1) is 0 Å². The lowest BCUT2D eigenvalue weighted by atomic mass is 9.81. The van der Waals surface area contributed by atoms with Crippen molar-refractivity contribution in [1.82, 2.24) is 9.13 Å². The topological polar surface area (TPSA) is 26.2 Å². The minimum atomic E-state index is -0.264. The summed E-state index contributed by atoms with van der Waals surface area (Å²) in [6.45, 7) is 4.79. The standard InChI is InChI=1S/C75H51N3O/c1-75(2)67-45-52(51-31-41-71-65(43-51)62-20-10-13-23-70(62)77(71)54-15-5-3-6-16-54)29-38-59(67)60-40-37-58(47-68(60)75)76(56-33-25-48(26-34-56)50-32-42-74-66(44-50)64-21-11-14-24-73(64)79-74)57-35-27-49(28-36-57)53-30-39-63-61-19-9-12-22-69(61)78(72(63)46-53)55-17-7-4-8-18-55/h3-47H,1-2H3. The number of hydrogen-bond acceptors (Lipinski definition) is 2. The number of furan rings is 1. The molecule has 0 atom stereocenters. The third-order valence-corrected chi connectivity index (χ3v) is 16.9. The predicted molar refractivity (Wildman–Crippen MR) is 331 cm³/mol. The Morgan fingerprint density at radius 2 is 0.722 bits per heavy atom. The van der Waals surface area contributed by atoms with Crippen LogP contribution in [0.3, 0.4) is 0 Å². The molecule has 0 N–H and O–H groups in total. The van der Waals surface area contributed by atoms with Crippen LogP contribution in [0.1, 0.15) is 25.0 Å². The van der Waals surface area contributed by atoms with E-state index < -0.39 is 0 Å². The fourth-order valence-electron chi connectivity index (χ4n) is 13.0. The molecular weight excluding hydrogens is 959 g/mol. The maximum atomic E-state index is 6.21. The van der Waals surface area contributed by atoms with E-state index in [-0.39, 0.29) is 5.41 Å². The van der Waals surface area contributed by atoms with Crippen LogP contribution in [0.15, 0.2) is 277 Å². The molecule has 3 aromatic heterocycles. The number of anilines is 3. The van der Waals surface area contributed by atoms with Gasteiger partial charge < -0.3 is 18.5 Å². The maximum Gasteiger partial charge on any atom is 0.135 e. The Hall–Kier alpha value is -10.2. The lowest BCUT2D eigenvalue weighted by Crippen LogP contribution is -2.16. The van der Waals surface area contributed by atoms with Crippen molar-refractivity contribution in [2.75, 3.05) is 4.90 Å². The highest BCUT2D eigenvalue weighted by Crippen LogP contribution is 2.52. The van der Waals surface area contributed by atoms with Gasteiger partial charge in [-0.05, 0) is 171 Å². The Morgan fingerprint density at radius 1 is 0.291 bits per heavy atom. The van der Waals surface area contributed by atoms with Crippen LogP contribution in [-0.2, 0) is 5.41 Å². The van der Waals surface area contributed by atoms with Crippen LogP contribution < -0.4 is 4.90 Å². The zero-order valence-electron chi connectivity index (χ0n) is 43.7. The summed E-state index contributed by atoms with van der Waals surface area (Å²) in [5.74, 6) is 0. The molecule has 4 nitrogen and oxygen atoms in total. The van der Waals surface area contributed by atoms with E-state index in [2.05, 4.69) is 289 Å². The molecule has 1 aliphatic rings. The van der Waals surface area contributed by atoms with Crippen molar-refractivity contribution in [3.63, 3.8) is 0 Å². The van der Waals surface area contributed by atoms with Gasteiger partial charge in [-0.2, -0.15) is 0 Å². The molecule has 16 rings (SSSR count). The highest BCUT2D eigenvalue weighted by atomic mass is 16.3. The summed E-state index contributed by atoms with van der Waals surface area (Å²) < 4.78 is 11.0. The van der Waals surface area contributed by atoms with E-state index in [1.807, 2.05) is 12.1 Å². The molecule has 0 bridgehead atoms. The Kier molecular flexibility index (Phi) is 9.95. The fourth-order valence-corrected chi connectivity index (χ4v) is 13.0. The Morgan fingerprint density at radius 3 is 1.41 bits per heavy atom. The van der Waals surface area contributed by atoms with Crippen molar-refractivity contribution in [3.05, 3.63) is 284 Å². The first-order valence-electron chi connectivity index (χ1n) is 27.3. The molecule has 12 aromatic carbocycles. The molecule has 372 valence electrons. The zero-order chi connectivity index (χ0) is 52.3. The first-order valence-corrected chi connectivity index (χ1v) is 27.3. The summed E-state index contributed by atoms with van der Waals surface area (Å²) in [5.41, 5.74) is 24.3. The van der Waals surface area contributed by atoms with Crippen LogP contribution in [0, 0.1) is 0 Å². The van der Waals surface area contributed by atoms with Crippen molar-refractivity contribution in [2.45, 2.75) is 19.3 Å². The van der Waals surface area contributed by atoms with E-state index in [1.54, 1.807) is 0 Å². The second kappa shape index (κ2) is 17.4. The second-order valence-corrected chi connectivity index (χ2v) is 21.7. The molecule has 4 heteroatoms. The summed E-state index contributed by atoms with van der Waals surface area (Å²) in [4.78, 5) is 2.42. The van der Waals surface area contributed by atoms with Gasteiger partial charge in [0.05, 0.1) is 22.1 Å². The number of rotatable bonds is 8. The van der Waals surface area contributed by atoms with Gasteiger partial charge in [0.1, 0.15) is 11.2 Å². The number of para-hydroxylation sites is 5. The normalized spacial score (nSPS) is 12.8. The Balaban J connectivity index is 0.784. The molecule has 79 heavy (non-hydrogen) atoms. The highest BCUT2D eigenvalue weighted by molar-refractivity contribution is 6.12. The van der Waals surface area contributed by atoms with E-state index in [0.717, 1.165) is 61.4 Å². The van der Waals surface area contributed by atoms with Gasteiger partial charge in [-0.1, -0.05) is 172 Å². The lowest BCUT2D eigenvalue weighted by molar-refractivity contribution is 0.660. The van der Waals surface area contributed by atoms with Crippen LogP contribution in [-0.4, -0.2) is 9.13 Å². The minimum Gasteiger partial charge on any atom is -0.456 e. The number of benzene rings is 12. The van der Waals surface area contributed by atoms with Gasteiger partial charge in [0.25, 0.3) is 0 Å². The maximum absolute atomic E-state index is 6.21. The van der Waals surface area contributed by atoms with E-state index in [9.17, 15) is 0 Å². The summed E-state index contributed by atoms with van der Waals surface area (Å²) in [6, 6.07) is 100. The first-order chi connectivity index (χ1) is 38.9. The van der Waals surface area contributed by atoms with Crippen LogP contribution in [0.4, 0.5) is 17.1 Å². The largest absolute Gasteiger partial charge is 0.456 e. The summed E-state index contributed by atoms with van der Waals surface area (Å²) >= 11 is 0. The second-order valence-electron chi connectivity index (χ2n) is 21.7.